The number of thiophene rings is 1. The van der Waals surface area contributed by atoms with E-state index in [-0.39, 0.29) is 0 Å². The van der Waals surface area contributed by atoms with Crippen molar-refractivity contribution >= 4 is 87.4 Å². The summed E-state index contributed by atoms with van der Waals surface area (Å²) in [5.41, 5.74) is 21.3. The van der Waals surface area contributed by atoms with Crippen molar-refractivity contribution in [2.75, 3.05) is 9.80 Å². The molecule has 10 aromatic carbocycles. The van der Waals surface area contributed by atoms with E-state index in [0.29, 0.717) is 0 Å². The Morgan fingerprint density at radius 1 is 0.246 bits per heavy atom. The average molecular weight is 897 g/mol. The predicted molar refractivity (Wildman–Crippen MR) is 291 cm³/mol. The molecule has 0 aliphatic carbocycles. The third-order valence-electron chi connectivity index (χ3n) is 14.4. The monoisotopic (exact) mass is 896 g/mol. The van der Waals surface area contributed by atoms with Crippen LogP contribution in [0.2, 0.25) is 0 Å². The summed E-state index contributed by atoms with van der Waals surface area (Å²) in [4.78, 5) is 4.88. The lowest BCUT2D eigenvalue weighted by Gasteiger charge is -2.27. The number of anilines is 6. The predicted octanol–water partition coefficient (Wildman–Crippen LogP) is 18.2. The molecule has 4 nitrogen and oxygen atoms in total. The van der Waals surface area contributed by atoms with Gasteiger partial charge >= 0.3 is 0 Å². The van der Waals surface area contributed by atoms with Crippen LogP contribution in [0.4, 0.5) is 34.1 Å². The number of benzene rings is 10. The Balaban J connectivity index is 1.03. The summed E-state index contributed by atoms with van der Waals surface area (Å²) in [6.45, 7) is 0. The number of rotatable bonds is 4. The number of hydrogen-bond acceptors (Lipinski definition) is 3. The van der Waals surface area contributed by atoms with Gasteiger partial charge in [-0.3, -0.25) is 0 Å². The van der Waals surface area contributed by atoms with Crippen LogP contribution in [0.15, 0.2) is 243 Å². The Hall–Kier alpha value is -8.90. The average Bonchev–Trinajstić information content (AvgIpc) is 4.03. The van der Waals surface area contributed by atoms with Crippen molar-refractivity contribution in [3.8, 4) is 56.1 Å². The van der Waals surface area contributed by atoms with Crippen molar-refractivity contribution in [2.24, 2.45) is 0 Å². The van der Waals surface area contributed by atoms with E-state index < -0.39 is 0 Å². The Kier molecular flexibility index (Phi) is 8.20. The molecule has 5 heterocycles. The lowest BCUT2D eigenvalue weighted by atomic mass is 9.98. The van der Waals surface area contributed by atoms with Gasteiger partial charge in [-0.1, -0.05) is 170 Å². The first-order valence-electron chi connectivity index (χ1n) is 23.6. The number of aromatic nitrogens is 2. The molecule has 13 aromatic rings. The van der Waals surface area contributed by atoms with Gasteiger partial charge in [0, 0.05) is 66.3 Å². The van der Waals surface area contributed by atoms with Gasteiger partial charge in [0.05, 0.1) is 65.9 Å². The zero-order valence-electron chi connectivity index (χ0n) is 37.3. The molecule has 69 heavy (non-hydrogen) atoms. The Morgan fingerprint density at radius 2 is 0.565 bits per heavy atom. The molecular formula is C64H40N4S. The summed E-state index contributed by atoms with van der Waals surface area (Å²) in [6.07, 6.45) is 0. The second-order valence-electron chi connectivity index (χ2n) is 18.0. The summed E-state index contributed by atoms with van der Waals surface area (Å²) >= 11 is 1.91. The van der Waals surface area contributed by atoms with Crippen LogP contribution >= 0.6 is 11.3 Å². The van der Waals surface area contributed by atoms with Crippen LogP contribution < -0.4 is 9.80 Å². The fraction of sp³-hybridized carbons (Fsp3) is 0. The van der Waals surface area contributed by atoms with Crippen LogP contribution in [0.1, 0.15) is 0 Å². The highest BCUT2D eigenvalue weighted by atomic mass is 32.1. The second-order valence-corrected chi connectivity index (χ2v) is 19.0. The number of fused-ring (bicyclic) bond motifs is 17. The van der Waals surface area contributed by atoms with Gasteiger partial charge in [-0.05, 0) is 72.8 Å². The molecule has 0 amide bonds. The van der Waals surface area contributed by atoms with Crippen molar-refractivity contribution < 1.29 is 0 Å². The molecule has 0 saturated heterocycles. The van der Waals surface area contributed by atoms with E-state index in [9.17, 15) is 0 Å². The van der Waals surface area contributed by atoms with Gasteiger partial charge in [-0.25, -0.2) is 0 Å². The first-order chi connectivity index (χ1) is 34.3. The minimum atomic E-state index is 1.13. The van der Waals surface area contributed by atoms with Crippen molar-refractivity contribution in [1.82, 2.24) is 9.13 Å². The molecule has 2 aliphatic rings. The highest BCUT2D eigenvalue weighted by Gasteiger charge is 2.34. The molecular weight excluding hydrogens is 857 g/mol. The molecule has 0 N–H and O–H groups in total. The van der Waals surface area contributed by atoms with Crippen molar-refractivity contribution in [3.05, 3.63) is 243 Å². The van der Waals surface area contributed by atoms with Gasteiger partial charge in [0.15, 0.2) is 0 Å². The largest absolute Gasteiger partial charge is 0.309 e. The van der Waals surface area contributed by atoms with Crippen molar-refractivity contribution in [1.29, 1.82) is 0 Å². The Bertz CT molecular complexity index is 3940. The smallest absolute Gasteiger partial charge is 0.0641 e. The summed E-state index contributed by atoms with van der Waals surface area (Å²) in [5.74, 6) is 0. The molecule has 0 unspecified atom stereocenters. The summed E-state index contributed by atoms with van der Waals surface area (Å²) in [6, 6.07) is 89.2. The van der Waals surface area contributed by atoms with Gasteiger partial charge in [0.1, 0.15) is 0 Å². The number of para-hydroxylation sites is 8. The Morgan fingerprint density at radius 3 is 1.00 bits per heavy atom. The third-order valence-corrected chi connectivity index (χ3v) is 15.6. The first-order valence-corrected chi connectivity index (χ1v) is 24.4. The van der Waals surface area contributed by atoms with E-state index in [1.165, 1.54) is 98.1 Å². The summed E-state index contributed by atoms with van der Waals surface area (Å²) < 4.78 is 7.63. The fourth-order valence-electron chi connectivity index (χ4n) is 11.6. The molecule has 15 rings (SSSR count). The molecule has 3 aromatic heterocycles. The molecule has 0 atom stereocenters. The normalized spacial score (nSPS) is 12.6. The summed E-state index contributed by atoms with van der Waals surface area (Å²) in [7, 11) is 0. The highest BCUT2D eigenvalue weighted by molar-refractivity contribution is 7.26. The van der Waals surface area contributed by atoms with Gasteiger partial charge in [-0.2, -0.15) is 0 Å². The SMILES string of the molecule is c1ccc(N2c3ccccc3-c3c(n(-c4cccc5c4sc4c(-n6c7c(c8ccccc86)-c6ccccc6N(c6ccccc6)c6ccccc6-7)cccc45)c4ccccc34)-c3ccccc32)cc1. The van der Waals surface area contributed by atoms with E-state index >= 15 is 0 Å². The zero-order chi connectivity index (χ0) is 45.2. The maximum Gasteiger partial charge on any atom is 0.0641 e. The third kappa shape index (κ3) is 5.39. The van der Waals surface area contributed by atoms with Gasteiger partial charge in [-0.15, -0.1) is 11.3 Å². The lowest BCUT2D eigenvalue weighted by molar-refractivity contribution is 1.15. The topological polar surface area (TPSA) is 16.3 Å². The lowest BCUT2D eigenvalue weighted by Crippen LogP contribution is -2.11. The summed E-state index contributed by atoms with van der Waals surface area (Å²) in [5, 5.41) is 4.96. The van der Waals surface area contributed by atoms with E-state index in [1.54, 1.807) is 0 Å². The molecule has 0 bridgehead atoms. The van der Waals surface area contributed by atoms with Crippen LogP contribution in [0, 0.1) is 0 Å². The molecule has 5 heteroatoms. The molecule has 322 valence electrons. The van der Waals surface area contributed by atoms with Crippen molar-refractivity contribution in [2.45, 2.75) is 0 Å². The Labute approximate surface area is 403 Å². The molecule has 2 aliphatic heterocycles. The van der Waals surface area contributed by atoms with Crippen LogP contribution in [-0.4, -0.2) is 9.13 Å². The van der Waals surface area contributed by atoms with E-state index in [1.807, 2.05) is 11.3 Å². The standard InChI is InChI=1S/C64H40N4S/c1-3-21-41(22-4-1)65-51-33-13-7-25-45(51)59-47-27-9-15-35-53(47)67(61(59)49-29-11-17-37-55(49)65)57-39-19-31-43-44-32-20-40-58(64(44)69-63(43)57)68-54-36-16-10-28-48(54)60-46-26-8-14-34-52(46)66(42-23-5-2-6-24-42)56-38-18-12-30-50(56)62(60)68/h1-40H. The van der Waals surface area contributed by atoms with E-state index in [2.05, 4.69) is 262 Å². The first kappa shape index (κ1) is 38.2. The molecule has 0 spiro atoms. The maximum absolute atomic E-state index is 2.56. The van der Waals surface area contributed by atoms with Crippen LogP contribution in [-0.2, 0) is 0 Å². The number of hydrogen-bond donors (Lipinski definition) is 0. The van der Waals surface area contributed by atoms with Crippen molar-refractivity contribution in [3.63, 3.8) is 0 Å². The van der Waals surface area contributed by atoms with E-state index in [4.69, 9.17) is 0 Å². The van der Waals surface area contributed by atoms with Gasteiger partial charge < -0.3 is 18.9 Å². The molecule has 0 fully saturated rings. The minimum Gasteiger partial charge on any atom is -0.309 e. The molecule has 0 saturated carbocycles. The van der Waals surface area contributed by atoms with Gasteiger partial charge in [0.2, 0.25) is 0 Å². The van der Waals surface area contributed by atoms with Crippen LogP contribution in [0.5, 0.6) is 0 Å². The fourth-order valence-corrected chi connectivity index (χ4v) is 13.0. The maximum atomic E-state index is 2.56. The quantitative estimate of drug-likeness (QED) is 0.175. The number of nitrogens with zero attached hydrogens (tertiary/aromatic N) is 4. The van der Waals surface area contributed by atoms with Gasteiger partial charge in [0.25, 0.3) is 0 Å². The zero-order valence-corrected chi connectivity index (χ0v) is 38.1. The van der Waals surface area contributed by atoms with E-state index in [0.717, 1.165) is 34.1 Å². The molecule has 0 radical (unpaired) electrons. The highest BCUT2D eigenvalue weighted by Crippen LogP contribution is 2.57. The van der Waals surface area contributed by atoms with Crippen LogP contribution in [0.3, 0.4) is 0 Å². The second kappa shape index (κ2) is 14.8. The van der Waals surface area contributed by atoms with Crippen LogP contribution in [0.25, 0.3) is 98.1 Å². The minimum absolute atomic E-state index is 1.13.